The van der Waals surface area contributed by atoms with E-state index in [9.17, 15) is 27.9 Å². The minimum atomic E-state index is -4.94. The van der Waals surface area contributed by atoms with E-state index < -0.39 is 40.8 Å². The van der Waals surface area contributed by atoms with E-state index in [1.54, 1.807) is 25.0 Å². The van der Waals surface area contributed by atoms with Gasteiger partial charge in [0, 0.05) is 30.9 Å². The van der Waals surface area contributed by atoms with Gasteiger partial charge in [0.2, 0.25) is 0 Å². The monoisotopic (exact) mass is 601 g/mol. The van der Waals surface area contributed by atoms with Crippen molar-refractivity contribution in [1.82, 2.24) is 10.3 Å². The number of rotatable bonds is 5. The minimum absolute atomic E-state index is 0.0709. The van der Waals surface area contributed by atoms with Gasteiger partial charge in [0.25, 0.3) is 5.91 Å². The number of nitrogens with one attached hydrogen (secondary N) is 1. The molecule has 3 fully saturated rings. The van der Waals surface area contributed by atoms with Gasteiger partial charge in [-0.2, -0.15) is 13.2 Å². The van der Waals surface area contributed by atoms with Crippen LogP contribution in [0.15, 0.2) is 30.3 Å². The molecule has 4 aliphatic rings. The van der Waals surface area contributed by atoms with Crippen LogP contribution in [0.3, 0.4) is 0 Å². The minimum Gasteiger partial charge on any atom is -0.497 e. The van der Waals surface area contributed by atoms with Crippen molar-refractivity contribution in [2.24, 2.45) is 23.7 Å². The van der Waals surface area contributed by atoms with Crippen molar-refractivity contribution >= 4 is 23.4 Å². The lowest BCUT2D eigenvalue weighted by molar-refractivity contribution is -0.155. The molecule has 11 heteroatoms. The summed E-state index contributed by atoms with van der Waals surface area (Å²) in [6, 6.07) is 8.08. The number of nitrogens with zero attached hydrogens (tertiary/aromatic N) is 2. The molecule has 5 atom stereocenters. The maximum atomic E-state index is 14.6. The summed E-state index contributed by atoms with van der Waals surface area (Å²) >= 11 is 0. The van der Waals surface area contributed by atoms with Gasteiger partial charge in [-0.1, -0.05) is 13.8 Å². The third kappa shape index (κ3) is 4.93. The standard InChI is InChI=1S/C32H38F3N3O5/c1-18-12-20-14-19(2)31(29(40)41,21(13-18)15-20)37-28(39)23-5-7-26(36-27(23)32(33,34)35)38-17-30(8-10-43-11-9-30)24-16-22(42-3)4-6-25(24)38/h4-7,16,18-21H,8-15,17H2,1-3H3,(H,37,39)(H,40,41). The van der Waals surface area contributed by atoms with Gasteiger partial charge in [0.1, 0.15) is 17.1 Å². The van der Waals surface area contributed by atoms with E-state index in [2.05, 4.69) is 17.2 Å². The van der Waals surface area contributed by atoms with Gasteiger partial charge >= 0.3 is 12.1 Å². The van der Waals surface area contributed by atoms with Crippen LogP contribution in [0.4, 0.5) is 24.7 Å². The summed E-state index contributed by atoms with van der Waals surface area (Å²) in [4.78, 5) is 32.3. The molecule has 8 nitrogen and oxygen atoms in total. The van der Waals surface area contributed by atoms with Crippen molar-refractivity contribution in [3.05, 3.63) is 47.2 Å². The Morgan fingerprint density at radius 1 is 1.09 bits per heavy atom. The number of carbonyl (C=O) groups excluding carboxylic acids is 1. The van der Waals surface area contributed by atoms with Crippen LogP contribution >= 0.6 is 0 Å². The first-order chi connectivity index (χ1) is 20.4. The highest BCUT2D eigenvalue weighted by atomic mass is 19.4. The second kappa shape index (κ2) is 10.7. The second-order valence-electron chi connectivity index (χ2n) is 13.1. The van der Waals surface area contributed by atoms with E-state index in [1.165, 1.54) is 6.07 Å². The number of aromatic nitrogens is 1. The highest BCUT2D eigenvalue weighted by Gasteiger charge is 2.57. The van der Waals surface area contributed by atoms with E-state index in [4.69, 9.17) is 9.47 Å². The summed E-state index contributed by atoms with van der Waals surface area (Å²) < 4.78 is 54.8. The first kappa shape index (κ1) is 29.7. The van der Waals surface area contributed by atoms with Gasteiger partial charge in [0.05, 0.1) is 12.7 Å². The van der Waals surface area contributed by atoms with Crippen molar-refractivity contribution in [3.63, 3.8) is 0 Å². The molecule has 1 amide bonds. The smallest absolute Gasteiger partial charge is 0.434 e. The van der Waals surface area contributed by atoms with E-state index >= 15 is 0 Å². The topological polar surface area (TPSA) is 101 Å². The zero-order chi connectivity index (χ0) is 30.7. The van der Waals surface area contributed by atoms with Crippen molar-refractivity contribution in [1.29, 1.82) is 0 Å². The molecule has 5 unspecified atom stereocenters. The average Bonchev–Trinajstić information content (AvgIpc) is 3.26. The zero-order valence-electron chi connectivity index (χ0n) is 24.7. The van der Waals surface area contributed by atoms with Crippen molar-refractivity contribution in [3.8, 4) is 5.75 Å². The molecule has 2 aliphatic carbocycles. The molecule has 2 aromatic rings. The largest absolute Gasteiger partial charge is 0.497 e. The summed E-state index contributed by atoms with van der Waals surface area (Å²) in [5.74, 6) is -1.70. The van der Waals surface area contributed by atoms with Crippen LogP contribution in [0, 0.1) is 23.7 Å². The number of carboxylic acid groups (broad SMARTS) is 1. The van der Waals surface area contributed by atoms with Crippen molar-refractivity contribution < 1.29 is 37.3 Å². The van der Waals surface area contributed by atoms with Crippen LogP contribution in [0.5, 0.6) is 5.75 Å². The summed E-state index contributed by atoms with van der Waals surface area (Å²) in [5.41, 5.74) is -2.27. The number of ether oxygens (including phenoxy) is 2. The average molecular weight is 602 g/mol. The Hall–Kier alpha value is -3.34. The van der Waals surface area contributed by atoms with Crippen molar-refractivity contribution in [2.45, 2.75) is 69.5 Å². The van der Waals surface area contributed by atoms with E-state index in [1.807, 2.05) is 12.1 Å². The number of benzene rings is 1. The summed E-state index contributed by atoms with van der Waals surface area (Å²) in [6.45, 7) is 5.33. The summed E-state index contributed by atoms with van der Waals surface area (Å²) in [6.07, 6.45) is -0.712. The quantitative estimate of drug-likeness (QED) is 0.437. The molecule has 232 valence electrons. The van der Waals surface area contributed by atoms with Crippen LogP contribution in [0.2, 0.25) is 0 Å². The number of fused-ring (bicyclic) bond motifs is 4. The first-order valence-electron chi connectivity index (χ1n) is 15.1. The second-order valence-corrected chi connectivity index (χ2v) is 13.1. The van der Waals surface area contributed by atoms with E-state index in [-0.39, 0.29) is 23.1 Å². The fourth-order valence-corrected chi connectivity index (χ4v) is 8.49. The van der Waals surface area contributed by atoms with Crippen LogP contribution < -0.4 is 15.0 Å². The van der Waals surface area contributed by atoms with E-state index in [0.717, 1.165) is 23.7 Å². The lowest BCUT2D eigenvalue weighted by Gasteiger charge is -2.52. The zero-order valence-corrected chi connectivity index (χ0v) is 24.7. The molecule has 2 N–H and O–H groups in total. The number of amides is 1. The Balaban J connectivity index is 1.37. The molecular formula is C32H38F3N3O5. The highest BCUT2D eigenvalue weighted by Crippen LogP contribution is 2.52. The number of hydrogen-bond acceptors (Lipinski definition) is 6. The molecule has 43 heavy (non-hydrogen) atoms. The van der Waals surface area contributed by atoms with Crippen LogP contribution in [-0.2, 0) is 21.1 Å². The molecule has 1 aromatic carbocycles. The van der Waals surface area contributed by atoms with Gasteiger partial charge in [-0.05, 0) is 98.1 Å². The molecule has 2 aliphatic heterocycles. The van der Waals surface area contributed by atoms with Crippen LogP contribution in [0.25, 0.3) is 0 Å². The Morgan fingerprint density at radius 3 is 2.51 bits per heavy atom. The summed E-state index contributed by atoms with van der Waals surface area (Å²) in [7, 11) is 1.57. The molecule has 2 saturated carbocycles. The molecule has 3 heterocycles. The third-order valence-corrected chi connectivity index (χ3v) is 10.5. The van der Waals surface area contributed by atoms with Gasteiger partial charge in [-0.15, -0.1) is 0 Å². The maximum absolute atomic E-state index is 14.6. The third-order valence-electron chi connectivity index (χ3n) is 10.5. The SMILES string of the molecule is COc1ccc2c(c1)C1(CCOCC1)CN2c1ccc(C(=O)NC2(C(=O)O)C(C)CC3CC(C)CC2C3)c(C(F)(F)F)n1. The van der Waals surface area contributed by atoms with Gasteiger partial charge in [0.15, 0.2) is 5.69 Å². The number of alkyl halides is 3. The lowest BCUT2D eigenvalue weighted by Crippen LogP contribution is -2.66. The molecule has 0 radical (unpaired) electrons. The van der Waals surface area contributed by atoms with Gasteiger partial charge in [-0.25, -0.2) is 9.78 Å². The maximum Gasteiger partial charge on any atom is 0.434 e. The van der Waals surface area contributed by atoms with Crippen LogP contribution in [0.1, 0.15) is 74.0 Å². The molecule has 6 rings (SSSR count). The number of methoxy groups -OCH3 is 1. The van der Waals surface area contributed by atoms with E-state index in [0.29, 0.717) is 63.5 Å². The molecule has 1 saturated heterocycles. The number of halogens is 3. The lowest BCUT2D eigenvalue weighted by atomic mass is 9.56. The first-order valence-corrected chi connectivity index (χ1v) is 15.1. The molecular weight excluding hydrogens is 563 g/mol. The molecule has 2 bridgehead atoms. The number of hydrogen-bond donors (Lipinski definition) is 2. The highest BCUT2D eigenvalue weighted by molar-refractivity contribution is 5.99. The number of anilines is 2. The van der Waals surface area contributed by atoms with Gasteiger partial charge < -0.3 is 24.8 Å². The molecule has 1 aromatic heterocycles. The fourth-order valence-electron chi connectivity index (χ4n) is 8.49. The Morgan fingerprint density at radius 2 is 1.84 bits per heavy atom. The normalized spacial score (nSPS) is 29.7. The Bertz CT molecular complexity index is 1420. The number of pyridine rings is 1. The number of carboxylic acids is 1. The number of aliphatic carboxylic acids is 1. The number of carbonyl (C=O) groups is 2. The molecule has 1 spiro atoms. The Kier molecular flexibility index (Phi) is 7.38. The van der Waals surface area contributed by atoms with Gasteiger partial charge in [-0.3, -0.25) is 4.79 Å². The van der Waals surface area contributed by atoms with Crippen molar-refractivity contribution in [2.75, 3.05) is 31.8 Å². The predicted octanol–water partition coefficient (Wildman–Crippen LogP) is 5.95. The Labute approximate surface area is 248 Å². The summed E-state index contributed by atoms with van der Waals surface area (Å²) in [5, 5.41) is 13.1. The predicted molar refractivity (Wildman–Crippen MR) is 153 cm³/mol. The fraction of sp³-hybridized carbons (Fsp3) is 0.594. The van der Waals surface area contributed by atoms with Crippen LogP contribution in [-0.4, -0.2) is 54.4 Å².